The molecule has 1 aromatic rings. The third kappa shape index (κ3) is 3.10. The number of H-pyrrole nitrogens is 1. The standard InChI is InChI=1S/C14H21N3S/c18-13-9-12(16-14(17-13)10-7-8-10)15-11-5-3-1-2-4-6-11/h9-11H,1-8H2,(H2,15,16,17,18). The van der Waals surface area contributed by atoms with Gasteiger partial charge in [0.05, 0.1) is 0 Å². The fraction of sp³-hybridized carbons (Fsp3) is 0.714. The summed E-state index contributed by atoms with van der Waals surface area (Å²) in [5, 5.41) is 3.62. The molecule has 0 aromatic carbocycles. The molecule has 2 saturated carbocycles. The van der Waals surface area contributed by atoms with Gasteiger partial charge in [-0.25, -0.2) is 4.98 Å². The van der Waals surface area contributed by atoms with Gasteiger partial charge in [-0.15, -0.1) is 0 Å². The number of anilines is 1. The Morgan fingerprint density at radius 1 is 1.11 bits per heavy atom. The summed E-state index contributed by atoms with van der Waals surface area (Å²) in [6.45, 7) is 0. The van der Waals surface area contributed by atoms with Crippen LogP contribution in [0.1, 0.15) is 63.1 Å². The molecule has 0 spiro atoms. The molecular weight excluding hydrogens is 242 g/mol. The Labute approximate surface area is 113 Å². The van der Waals surface area contributed by atoms with E-state index in [2.05, 4.69) is 15.3 Å². The van der Waals surface area contributed by atoms with Gasteiger partial charge in [0.25, 0.3) is 0 Å². The number of aromatic amines is 1. The summed E-state index contributed by atoms with van der Waals surface area (Å²) in [5.41, 5.74) is 0. The number of rotatable bonds is 3. The molecule has 4 heteroatoms. The molecule has 0 bridgehead atoms. The van der Waals surface area contributed by atoms with E-state index in [4.69, 9.17) is 12.2 Å². The molecule has 0 atom stereocenters. The summed E-state index contributed by atoms with van der Waals surface area (Å²) < 4.78 is 0.715. The second kappa shape index (κ2) is 5.39. The van der Waals surface area contributed by atoms with Crippen molar-refractivity contribution >= 4 is 18.0 Å². The predicted octanol–water partition coefficient (Wildman–Crippen LogP) is 4.15. The summed E-state index contributed by atoms with van der Waals surface area (Å²) in [4.78, 5) is 7.85. The minimum absolute atomic E-state index is 0.604. The van der Waals surface area contributed by atoms with Gasteiger partial charge in [-0.05, 0) is 25.7 Å². The van der Waals surface area contributed by atoms with Gasteiger partial charge in [0, 0.05) is 18.0 Å². The molecule has 0 aliphatic heterocycles. The number of hydrogen-bond acceptors (Lipinski definition) is 3. The highest BCUT2D eigenvalue weighted by Crippen LogP contribution is 2.38. The molecule has 3 rings (SSSR count). The largest absolute Gasteiger partial charge is 0.369 e. The van der Waals surface area contributed by atoms with Gasteiger partial charge in [0.2, 0.25) is 0 Å². The van der Waals surface area contributed by atoms with Gasteiger partial charge >= 0.3 is 0 Å². The second-order valence-corrected chi connectivity index (χ2v) is 6.04. The van der Waals surface area contributed by atoms with Crippen LogP contribution < -0.4 is 5.32 Å². The van der Waals surface area contributed by atoms with Crippen LogP contribution >= 0.6 is 12.2 Å². The third-order valence-corrected chi connectivity index (χ3v) is 4.15. The highest BCUT2D eigenvalue weighted by molar-refractivity contribution is 7.71. The average Bonchev–Trinajstić information content (AvgIpc) is 3.16. The van der Waals surface area contributed by atoms with Gasteiger partial charge in [0.15, 0.2) is 0 Å². The van der Waals surface area contributed by atoms with Crippen LogP contribution in [0.15, 0.2) is 6.07 Å². The number of aromatic nitrogens is 2. The molecule has 1 heterocycles. The Kier molecular flexibility index (Phi) is 3.64. The van der Waals surface area contributed by atoms with Crippen molar-refractivity contribution in [3.05, 3.63) is 16.5 Å². The van der Waals surface area contributed by atoms with E-state index in [0.717, 1.165) is 11.6 Å². The lowest BCUT2D eigenvalue weighted by Gasteiger charge is -2.17. The minimum atomic E-state index is 0.604. The van der Waals surface area contributed by atoms with Crippen LogP contribution in [0.25, 0.3) is 0 Å². The van der Waals surface area contributed by atoms with Gasteiger partial charge in [0.1, 0.15) is 16.3 Å². The van der Waals surface area contributed by atoms with Crippen molar-refractivity contribution in [2.45, 2.75) is 63.3 Å². The van der Waals surface area contributed by atoms with E-state index in [1.54, 1.807) is 0 Å². The minimum Gasteiger partial charge on any atom is -0.369 e. The fourth-order valence-corrected chi connectivity index (χ4v) is 2.96. The first-order valence-corrected chi connectivity index (χ1v) is 7.60. The molecule has 2 aliphatic carbocycles. The molecular formula is C14H21N3S. The lowest BCUT2D eigenvalue weighted by atomic mass is 10.1. The van der Waals surface area contributed by atoms with Crippen LogP contribution in [0.4, 0.5) is 5.82 Å². The van der Waals surface area contributed by atoms with E-state index in [0.29, 0.717) is 16.6 Å². The van der Waals surface area contributed by atoms with Crippen molar-refractivity contribution in [1.82, 2.24) is 9.97 Å². The molecule has 0 saturated heterocycles. The van der Waals surface area contributed by atoms with E-state index in [1.165, 1.54) is 51.4 Å². The molecule has 2 N–H and O–H groups in total. The van der Waals surface area contributed by atoms with Gasteiger partial charge in [-0.2, -0.15) is 0 Å². The lowest BCUT2D eigenvalue weighted by Crippen LogP contribution is -2.19. The second-order valence-electron chi connectivity index (χ2n) is 5.63. The number of nitrogens with zero attached hydrogens (tertiary/aromatic N) is 1. The van der Waals surface area contributed by atoms with Crippen molar-refractivity contribution in [2.75, 3.05) is 5.32 Å². The molecule has 0 unspecified atom stereocenters. The van der Waals surface area contributed by atoms with Crippen LogP contribution in [0, 0.1) is 4.64 Å². The number of hydrogen-bond donors (Lipinski definition) is 2. The normalized spacial score (nSPS) is 21.6. The van der Waals surface area contributed by atoms with E-state index in [-0.39, 0.29) is 0 Å². The van der Waals surface area contributed by atoms with Crippen LogP contribution in [-0.2, 0) is 0 Å². The topological polar surface area (TPSA) is 40.7 Å². The Hall–Kier alpha value is -0.900. The molecule has 1 aromatic heterocycles. The van der Waals surface area contributed by atoms with Crippen molar-refractivity contribution < 1.29 is 0 Å². The zero-order valence-electron chi connectivity index (χ0n) is 10.7. The molecule has 0 amide bonds. The van der Waals surface area contributed by atoms with Crippen molar-refractivity contribution in [1.29, 1.82) is 0 Å². The fourth-order valence-electron chi connectivity index (χ4n) is 2.75. The first-order valence-electron chi connectivity index (χ1n) is 7.19. The molecule has 2 aliphatic rings. The Morgan fingerprint density at radius 2 is 1.83 bits per heavy atom. The van der Waals surface area contributed by atoms with Crippen LogP contribution in [-0.4, -0.2) is 16.0 Å². The molecule has 98 valence electrons. The molecule has 0 radical (unpaired) electrons. The van der Waals surface area contributed by atoms with Crippen molar-refractivity contribution in [3.63, 3.8) is 0 Å². The van der Waals surface area contributed by atoms with Gasteiger partial charge in [-0.1, -0.05) is 37.9 Å². The summed E-state index contributed by atoms with van der Waals surface area (Å²) in [6.07, 6.45) is 10.5. The van der Waals surface area contributed by atoms with Crippen LogP contribution in [0.5, 0.6) is 0 Å². The summed E-state index contributed by atoms with van der Waals surface area (Å²) in [7, 11) is 0. The maximum absolute atomic E-state index is 5.26. The Balaban J connectivity index is 1.72. The number of nitrogens with one attached hydrogen (secondary N) is 2. The predicted molar refractivity (Wildman–Crippen MR) is 76.5 cm³/mol. The van der Waals surface area contributed by atoms with Crippen molar-refractivity contribution in [3.8, 4) is 0 Å². The molecule has 18 heavy (non-hydrogen) atoms. The Morgan fingerprint density at radius 3 is 2.50 bits per heavy atom. The summed E-state index contributed by atoms with van der Waals surface area (Å²) in [5.74, 6) is 2.78. The quantitative estimate of drug-likeness (QED) is 0.635. The van der Waals surface area contributed by atoms with E-state index in [9.17, 15) is 0 Å². The highest BCUT2D eigenvalue weighted by Gasteiger charge is 2.26. The van der Waals surface area contributed by atoms with Crippen LogP contribution in [0.2, 0.25) is 0 Å². The monoisotopic (exact) mass is 263 g/mol. The zero-order valence-corrected chi connectivity index (χ0v) is 11.6. The molecule has 3 nitrogen and oxygen atoms in total. The summed E-state index contributed by atoms with van der Waals surface area (Å²) >= 11 is 5.26. The first kappa shape index (κ1) is 12.2. The molecule has 2 fully saturated rings. The maximum Gasteiger partial charge on any atom is 0.131 e. The van der Waals surface area contributed by atoms with E-state index >= 15 is 0 Å². The smallest absolute Gasteiger partial charge is 0.131 e. The maximum atomic E-state index is 5.26. The van der Waals surface area contributed by atoms with Crippen LogP contribution in [0.3, 0.4) is 0 Å². The average molecular weight is 263 g/mol. The zero-order chi connectivity index (χ0) is 12.4. The van der Waals surface area contributed by atoms with Gasteiger partial charge < -0.3 is 10.3 Å². The highest BCUT2D eigenvalue weighted by atomic mass is 32.1. The third-order valence-electron chi connectivity index (χ3n) is 3.94. The first-order chi connectivity index (χ1) is 8.81. The SMILES string of the molecule is S=c1cc(NC2CCCCCC2)[nH]c(C2CC2)n1. The van der Waals surface area contributed by atoms with E-state index in [1.807, 2.05) is 6.07 Å². The van der Waals surface area contributed by atoms with Crippen molar-refractivity contribution in [2.24, 2.45) is 0 Å². The summed E-state index contributed by atoms with van der Waals surface area (Å²) in [6, 6.07) is 2.57. The lowest BCUT2D eigenvalue weighted by molar-refractivity contribution is 0.616. The van der Waals surface area contributed by atoms with Gasteiger partial charge in [-0.3, -0.25) is 0 Å². The van der Waals surface area contributed by atoms with E-state index < -0.39 is 0 Å². The Bertz CT molecular complexity index is 456.